The van der Waals surface area contributed by atoms with E-state index in [-0.39, 0.29) is 11.6 Å². The fraction of sp³-hybridized carbons (Fsp3) is 0.400. The Morgan fingerprint density at radius 2 is 2.22 bits per heavy atom. The third-order valence-corrected chi connectivity index (χ3v) is 4.20. The monoisotopic (exact) mass is 242 g/mol. The summed E-state index contributed by atoms with van der Waals surface area (Å²) in [4.78, 5) is 14.1. The van der Waals surface area contributed by atoms with E-state index in [0.717, 1.165) is 19.3 Å². The van der Waals surface area contributed by atoms with Crippen molar-refractivity contribution in [2.24, 2.45) is 0 Å². The van der Waals surface area contributed by atoms with Crippen LogP contribution < -0.4 is 5.32 Å². The Morgan fingerprint density at radius 3 is 2.83 bits per heavy atom. The molecular formula is C15H18N2O. The summed E-state index contributed by atoms with van der Waals surface area (Å²) in [7, 11) is 0. The summed E-state index contributed by atoms with van der Waals surface area (Å²) in [5.41, 5.74) is 1.15. The van der Waals surface area contributed by atoms with E-state index in [1.54, 1.807) is 0 Å². The third kappa shape index (κ3) is 1.62. The lowest BCUT2D eigenvalue weighted by Crippen LogP contribution is -2.57. The summed E-state index contributed by atoms with van der Waals surface area (Å²) in [6.07, 6.45) is 4.95. The number of benzene rings is 1. The van der Waals surface area contributed by atoms with Crippen LogP contribution in [0.1, 0.15) is 24.8 Å². The number of nitrogens with one attached hydrogen (secondary N) is 1. The summed E-state index contributed by atoms with van der Waals surface area (Å²) < 4.78 is 0. The maximum atomic E-state index is 12.1. The van der Waals surface area contributed by atoms with E-state index in [4.69, 9.17) is 0 Å². The molecule has 2 amide bonds. The summed E-state index contributed by atoms with van der Waals surface area (Å²) >= 11 is 0. The van der Waals surface area contributed by atoms with Crippen molar-refractivity contribution >= 4 is 6.03 Å². The van der Waals surface area contributed by atoms with Gasteiger partial charge in [-0.3, -0.25) is 0 Å². The molecule has 2 aliphatic rings. The maximum absolute atomic E-state index is 12.1. The minimum atomic E-state index is -0.0341. The summed E-state index contributed by atoms with van der Waals surface area (Å²) in [5.74, 6) is 0. The molecule has 0 aromatic heterocycles. The van der Waals surface area contributed by atoms with Crippen molar-refractivity contribution in [3.8, 4) is 0 Å². The molecule has 1 N–H and O–H groups in total. The Labute approximate surface area is 107 Å². The number of urea groups is 1. The van der Waals surface area contributed by atoms with E-state index in [2.05, 4.69) is 24.0 Å². The molecule has 0 bridgehead atoms. The van der Waals surface area contributed by atoms with Crippen molar-refractivity contribution in [3.05, 3.63) is 48.6 Å². The molecule has 0 spiro atoms. The molecule has 18 heavy (non-hydrogen) atoms. The molecule has 1 saturated carbocycles. The zero-order valence-electron chi connectivity index (χ0n) is 10.4. The van der Waals surface area contributed by atoms with Crippen LogP contribution >= 0.6 is 0 Å². The summed E-state index contributed by atoms with van der Waals surface area (Å²) in [6, 6.07) is 10.6. The fourth-order valence-corrected chi connectivity index (χ4v) is 3.16. The van der Waals surface area contributed by atoms with Gasteiger partial charge >= 0.3 is 6.03 Å². The first-order valence-corrected chi connectivity index (χ1v) is 6.49. The normalized spacial score (nSPS) is 29.4. The largest absolute Gasteiger partial charge is 0.330 e. The van der Waals surface area contributed by atoms with Gasteiger partial charge in [-0.05, 0) is 24.8 Å². The van der Waals surface area contributed by atoms with Gasteiger partial charge in [0.05, 0.1) is 11.6 Å². The van der Waals surface area contributed by atoms with E-state index in [0.29, 0.717) is 12.6 Å². The van der Waals surface area contributed by atoms with Gasteiger partial charge in [-0.15, -0.1) is 6.58 Å². The second kappa shape index (κ2) is 4.16. The molecular weight excluding hydrogens is 224 g/mol. The highest BCUT2D eigenvalue weighted by molar-refractivity contribution is 5.79. The lowest BCUT2D eigenvalue weighted by molar-refractivity contribution is 0.106. The fourth-order valence-electron chi connectivity index (χ4n) is 3.16. The van der Waals surface area contributed by atoms with E-state index < -0.39 is 0 Å². The number of carbonyl (C=O) groups is 1. The van der Waals surface area contributed by atoms with Gasteiger partial charge in [-0.25, -0.2) is 4.79 Å². The topological polar surface area (TPSA) is 32.3 Å². The molecule has 1 heterocycles. The van der Waals surface area contributed by atoms with Crippen molar-refractivity contribution < 1.29 is 4.79 Å². The number of hydrogen-bond acceptors (Lipinski definition) is 1. The van der Waals surface area contributed by atoms with Crippen molar-refractivity contribution in [1.82, 2.24) is 10.2 Å². The lowest BCUT2D eigenvalue weighted by Gasteiger charge is -2.45. The highest BCUT2D eigenvalue weighted by Crippen LogP contribution is 2.44. The van der Waals surface area contributed by atoms with Gasteiger partial charge in [0.1, 0.15) is 0 Å². The second-order valence-electron chi connectivity index (χ2n) is 5.25. The van der Waals surface area contributed by atoms with E-state index in [1.807, 2.05) is 29.2 Å². The lowest BCUT2D eigenvalue weighted by atomic mass is 9.70. The zero-order valence-corrected chi connectivity index (χ0v) is 10.4. The molecule has 94 valence electrons. The average Bonchev–Trinajstić information content (AvgIpc) is 2.53. The van der Waals surface area contributed by atoms with Gasteiger partial charge in [0, 0.05) is 6.54 Å². The third-order valence-electron chi connectivity index (χ3n) is 4.20. The van der Waals surface area contributed by atoms with E-state index in [9.17, 15) is 4.79 Å². The van der Waals surface area contributed by atoms with Crippen LogP contribution in [0.5, 0.6) is 0 Å². The minimum absolute atomic E-state index is 0.0341. The first kappa shape index (κ1) is 11.3. The molecule has 3 nitrogen and oxygen atoms in total. The molecule has 2 fully saturated rings. The number of fused-ring (bicyclic) bond motifs is 1. The second-order valence-corrected chi connectivity index (χ2v) is 5.25. The highest BCUT2D eigenvalue weighted by Gasteiger charge is 2.56. The van der Waals surface area contributed by atoms with Crippen molar-refractivity contribution in [3.63, 3.8) is 0 Å². The Balaban J connectivity index is 1.78. The Kier molecular flexibility index (Phi) is 2.62. The molecule has 3 heteroatoms. The van der Waals surface area contributed by atoms with Crippen LogP contribution in [0.4, 0.5) is 4.79 Å². The van der Waals surface area contributed by atoms with Gasteiger partial charge in [0.25, 0.3) is 0 Å². The van der Waals surface area contributed by atoms with Crippen molar-refractivity contribution in [2.45, 2.75) is 37.4 Å². The van der Waals surface area contributed by atoms with Gasteiger partial charge in [-0.2, -0.15) is 0 Å². The van der Waals surface area contributed by atoms with Crippen LogP contribution in [0.25, 0.3) is 0 Å². The molecule has 1 aliphatic carbocycles. The molecule has 1 aliphatic heterocycles. The summed E-state index contributed by atoms with van der Waals surface area (Å²) in [6.45, 7) is 4.51. The van der Waals surface area contributed by atoms with E-state index >= 15 is 0 Å². The number of rotatable bonds is 4. The average molecular weight is 242 g/mol. The van der Waals surface area contributed by atoms with Gasteiger partial charge in [0.15, 0.2) is 0 Å². The predicted octanol–water partition coefficient (Wildman–Crippen LogP) is 2.69. The number of nitrogens with zero attached hydrogens (tertiary/aromatic N) is 1. The highest BCUT2D eigenvalue weighted by atomic mass is 16.2. The predicted molar refractivity (Wildman–Crippen MR) is 71.1 cm³/mol. The Hall–Kier alpha value is -1.77. The first-order chi connectivity index (χ1) is 8.75. The first-order valence-electron chi connectivity index (χ1n) is 6.49. The van der Waals surface area contributed by atoms with Crippen LogP contribution in [0, 0.1) is 0 Å². The molecule has 0 unspecified atom stereocenters. The van der Waals surface area contributed by atoms with Crippen LogP contribution in [0.2, 0.25) is 0 Å². The number of carbonyl (C=O) groups excluding carboxylic acids is 1. The molecule has 1 aromatic rings. The van der Waals surface area contributed by atoms with Gasteiger partial charge < -0.3 is 10.2 Å². The molecule has 0 radical (unpaired) electrons. The molecule has 3 rings (SSSR count). The van der Waals surface area contributed by atoms with Crippen LogP contribution in [-0.2, 0) is 6.54 Å². The van der Waals surface area contributed by atoms with Crippen molar-refractivity contribution in [1.29, 1.82) is 0 Å². The van der Waals surface area contributed by atoms with Gasteiger partial charge in [-0.1, -0.05) is 36.4 Å². The Morgan fingerprint density at radius 1 is 1.44 bits per heavy atom. The summed E-state index contributed by atoms with van der Waals surface area (Å²) in [5, 5.41) is 3.15. The zero-order chi connectivity index (χ0) is 12.6. The minimum Gasteiger partial charge on any atom is -0.330 e. The molecule has 2 atom stereocenters. The smallest absolute Gasteiger partial charge is 0.318 e. The molecule has 1 aromatic carbocycles. The van der Waals surface area contributed by atoms with Crippen LogP contribution in [0.15, 0.2) is 43.0 Å². The standard InChI is InChI=1S/C15H18N2O/c1-2-9-15-10-8-13(15)17(14(18)16-15)11-12-6-4-3-5-7-12/h2-7,13H,1,8-11H2,(H,16,18)/t13-,15+/m1/s1. The van der Waals surface area contributed by atoms with Crippen molar-refractivity contribution in [2.75, 3.05) is 0 Å². The SMILES string of the molecule is C=CC[C@]12CC[C@H]1N(Cc1ccccc1)C(=O)N2. The quantitative estimate of drug-likeness (QED) is 0.809. The Bertz CT molecular complexity index is 471. The molecule has 1 saturated heterocycles. The maximum Gasteiger partial charge on any atom is 0.318 e. The number of amides is 2. The van der Waals surface area contributed by atoms with E-state index in [1.165, 1.54) is 5.56 Å². The number of hydrogen-bond donors (Lipinski definition) is 1. The van der Waals surface area contributed by atoms with Gasteiger partial charge in [0.2, 0.25) is 0 Å². The van der Waals surface area contributed by atoms with Crippen LogP contribution in [0.3, 0.4) is 0 Å². The van der Waals surface area contributed by atoms with Crippen LogP contribution in [-0.4, -0.2) is 22.5 Å².